The molecule has 0 amide bonds. The number of aromatic nitrogens is 4. The van der Waals surface area contributed by atoms with Gasteiger partial charge in [0.1, 0.15) is 11.6 Å². The van der Waals surface area contributed by atoms with Crippen molar-refractivity contribution in [2.24, 2.45) is 0 Å². The molecule has 2 N–H and O–H groups in total. The van der Waals surface area contributed by atoms with Gasteiger partial charge >= 0.3 is 0 Å². The van der Waals surface area contributed by atoms with Gasteiger partial charge in [0.05, 0.1) is 29.5 Å². The molecule has 0 unspecified atom stereocenters. The summed E-state index contributed by atoms with van der Waals surface area (Å²) < 4.78 is 29.7. The van der Waals surface area contributed by atoms with E-state index in [4.69, 9.17) is 4.98 Å². The standard InChI is InChI=1S/C26H25F2N5O/c1-16-21(28)3-2-4-22(16)31-26-29-14-13-23(32-26)25-24(17-5-7-18(27)8-6-17)30-15-33(25)19-9-11-20(34)12-10-19/h2-8,13-15,19-20,34H,9-12H2,1H3,(H,29,31,32)/t19-,20+. The van der Waals surface area contributed by atoms with Crippen molar-refractivity contribution >= 4 is 11.6 Å². The fourth-order valence-electron chi connectivity index (χ4n) is 4.46. The third-order valence-corrected chi connectivity index (χ3v) is 6.38. The molecule has 0 saturated heterocycles. The molecule has 8 heteroatoms. The van der Waals surface area contributed by atoms with E-state index in [1.54, 1.807) is 43.7 Å². The van der Waals surface area contributed by atoms with Crippen LogP contribution in [0.4, 0.5) is 20.4 Å². The van der Waals surface area contributed by atoms with E-state index in [2.05, 4.69) is 19.9 Å². The van der Waals surface area contributed by atoms with Crippen LogP contribution >= 0.6 is 0 Å². The molecule has 0 bridgehead atoms. The summed E-state index contributed by atoms with van der Waals surface area (Å²) in [5.41, 5.74) is 3.99. The van der Waals surface area contributed by atoms with Crippen molar-refractivity contribution in [2.75, 3.05) is 5.32 Å². The molecular weight excluding hydrogens is 436 g/mol. The second-order valence-corrected chi connectivity index (χ2v) is 8.62. The second kappa shape index (κ2) is 9.30. The van der Waals surface area contributed by atoms with Crippen molar-refractivity contribution in [3.63, 3.8) is 0 Å². The average molecular weight is 462 g/mol. The maximum atomic E-state index is 14.0. The van der Waals surface area contributed by atoms with Gasteiger partial charge in [0.15, 0.2) is 0 Å². The Kier molecular flexibility index (Phi) is 6.06. The first kappa shape index (κ1) is 22.2. The zero-order chi connectivity index (χ0) is 23.7. The lowest BCUT2D eigenvalue weighted by Gasteiger charge is -2.28. The van der Waals surface area contributed by atoms with E-state index in [1.807, 2.05) is 6.07 Å². The summed E-state index contributed by atoms with van der Waals surface area (Å²) >= 11 is 0. The topological polar surface area (TPSA) is 75.9 Å². The molecule has 0 aliphatic heterocycles. The first-order valence-corrected chi connectivity index (χ1v) is 11.4. The molecule has 34 heavy (non-hydrogen) atoms. The summed E-state index contributed by atoms with van der Waals surface area (Å²) in [6, 6.07) is 13.0. The highest BCUT2D eigenvalue weighted by molar-refractivity contribution is 5.77. The summed E-state index contributed by atoms with van der Waals surface area (Å²) in [6.07, 6.45) is 6.27. The number of anilines is 2. The van der Waals surface area contributed by atoms with Crippen LogP contribution in [0.25, 0.3) is 22.6 Å². The van der Waals surface area contributed by atoms with E-state index < -0.39 is 0 Å². The molecule has 2 aromatic heterocycles. The third-order valence-electron chi connectivity index (χ3n) is 6.38. The fourth-order valence-corrected chi connectivity index (χ4v) is 4.46. The van der Waals surface area contributed by atoms with Crippen LogP contribution in [-0.2, 0) is 0 Å². The van der Waals surface area contributed by atoms with E-state index in [1.165, 1.54) is 18.2 Å². The number of halogens is 2. The quantitative estimate of drug-likeness (QED) is 0.392. The highest BCUT2D eigenvalue weighted by atomic mass is 19.1. The average Bonchev–Trinajstić information content (AvgIpc) is 3.28. The lowest BCUT2D eigenvalue weighted by molar-refractivity contribution is 0.111. The molecule has 5 rings (SSSR count). The van der Waals surface area contributed by atoms with Gasteiger partial charge < -0.3 is 15.0 Å². The van der Waals surface area contributed by atoms with Crippen molar-refractivity contribution in [3.8, 4) is 22.6 Å². The van der Waals surface area contributed by atoms with Crippen molar-refractivity contribution in [3.05, 3.63) is 78.3 Å². The first-order chi connectivity index (χ1) is 16.5. The normalized spacial score (nSPS) is 18.1. The van der Waals surface area contributed by atoms with Crippen LogP contribution in [0.15, 0.2) is 61.1 Å². The summed E-state index contributed by atoms with van der Waals surface area (Å²) in [7, 11) is 0. The van der Waals surface area contributed by atoms with Crippen LogP contribution in [0.1, 0.15) is 37.3 Å². The van der Waals surface area contributed by atoms with Gasteiger partial charge in [-0.05, 0) is 75.1 Å². The Morgan fingerprint density at radius 2 is 1.74 bits per heavy atom. The van der Waals surface area contributed by atoms with Gasteiger partial charge in [-0.1, -0.05) is 6.07 Å². The molecule has 0 radical (unpaired) electrons. The number of aliphatic hydroxyl groups is 1. The summed E-state index contributed by atoms with van der Waals surface area (Å²) in [6.45, 7) is 1.70. The molecule has 1 aliphatic carbocycles. The maximum absolute atomic E-state index is 14.0. The Bertz CT molecular complexity index is 1300. The molecule has 0 atom stereocenters. The highest BCUT2D eigenvalue weighted by Gasteiger charge is 2.26. The van der Waals surface area contributed by atoms with E-state index in [9.17, 15) is 13.9 Å². The number of hydrogen-bond acceptors (Lipinski definition) is 5. The zero-order valence-electron chi connectivity index (χ0n) is 18.7. The van der Waals surface area contributed by atoms with Crippen molar-refractivity contribution in [1.82, 2.24) is 19.5 Å². The summed E-state index contributed by atoms with van der Waals surface area (Å²) in [5.74, 6) is -0.287. The Hall–Kier alpha value is -3.65. The molecule has 2 aromatic carbocycles. The van der Waals surface area contributed by atoms with Crippen LogP contribution < -0.4 is 5.32 Å². The Morgan fingerprint density at radius 3 is 2.50 bits per heavy atom. The zero-order valence-corrected chi connectivity index (χ0v) is 18.7. The second-order valence-electron chi connectivity index (χ2n) is 8.62. The molecule has 1 saturated carbocycles. The van der Waals surface area contributed by atoms with Gasteiger partial charge in [0, 0.05) is 29.1 Å². The first-order valence-electron chi connectivity index (χ1n) is 11.4. The van der Waals surface area contributed by atoms with Crippen LogP contribution in [-0.4, -0.2) is 30.7 Å². The molecular formula is C26H25F2N5O. The molecule has 174 valence electrons. The van der Waals surface area contributed by atoms with Crippen LogP contribution in [0.5, 0.6) is 0 Å². The van der Waals surface area contributed by atoms with Crippen LogP contribution in [0.2, 0.25) is 0 Å². The smallest absolute Gasteiger partial charge is 0.227 e. The summed E-state index contributed by atoms with van der Waals surface area (Å²) in [5, 5.41) is 13.1. The number of aliphatic hydroxyl groups excluding tert-OH is 1. The maximum Gasteiger partial charge on any atom is 0.227 e. The van der Waals surface area contributed by atoms with Gasteiger partial charge in [0.25, 0.3) is 0 Å². The molecule has 4 aromatic rings. The number of nitrogens with zero attached hydrogens (tertiary/aromatic N) is 4. The molecule has 0 spiro atoms. The van der Waals surface area contributed by atoms with E-state index >= 15 is 0 Å². The van der Waals surface area contributed by atoms with E-state index in [-0.39, 0.29) is 23.8 Å². The monoisotopic (exact) mass is 461 g/mol. The minimum Gasteiger partial charge on any atom is -0.393 e. The van der Waals surface area contributed by atoms with Gasteiger partial charge in [-0.3, -0.25) is 0 Å². The van der Waals surface area contributed by atoms with Gasteiger partial charge in [-0.25, -0.2) is 23.7 Å². The predicted molar refractivity (Wildman–Crippen MR) is 127 cm³/mol. The molecule has 2 heterocycles. The van der Waals surface area contributed by atoms with E-state index in [0.29, 0.717) is 28.6 Å². The lowest BCUT2D eigenvalue weighted by Crippen LogP contribution is -2.21. The largest absolute Gasteiger partial charge is 0.393 e. The number of imidazole rings is 1. The lowest BCUT2D eigenvalue weighted by atomic mass is 9.92. The van der Waals surface area contributed by atoms with Crippen LogP contribution in [0.3, 0.4) is 0 Å². The van der Waals surface area contributed by atoms with Crippen molar-refractivity contribution in [1.29, 1.82) is 0 Å². The van der Waals surface area contributed by atoms with Gasteiger partial charge in [-0.15, -0.1) is 0 Å². The minimum atomic E-state index is -0.315. The Balaban J connectivity index is 1.57. The number of nitrogens with one attached hydrogen (secondary N) is 1. The third kappa shape index (κ3) is 4.41. The molecule has 1 fully saturated rings. The molecule has 6 nitrogen and oxygen atoms in total. The Morgan fingerprint density at radius 1 is 0.971 bits per heavy atom. The predicted octanol–water partition coefficient (Wildman–Crippen LogP) is 5.81. The SMILES string of the molecule is Cc1c(F)cccc1Nc1nccc(-c2c(-c3ccc(F)cc3)ncn2[C@H]2CC[C@@H](O)CC2)n1. The van der Waals surface area contributed by atoms with E-state index in [0.717, 1.165) is 36.9 Å². The van der Waals surface area contributed by atoms with Crippen molar-refractivity contribution in [2.45, 2.75) is 44.8 Å². The number of benzene rings is 2. The van der Waals surface area contributed by atoms with Crippen molar-refractivity contribution < 1.29 is 13.9 Å². The van der Waals surface area contributed by atoms with Gasteiger partial charge in [-0.2, -0.15) is 0 Å². The Labute approximate surface area is 196 Å². The highest BCUT2D eigenvalue weighted by Crippen LogP contribution is 2.37. The van der Waals surface area contributed by atoms with Crippen LogP contribution in [0, 0.1) is 18.6 Å². The van der Waals surface area contributed by atoms with Gasteiger partial charge in [0.2, 0.25) is 5.95 Å². The fraction of sp³-hybridized carbons (Fsp3) is 0.269. The molecule has 1 aliphatic rings. The number of rotatable bonds is 5. The summed E-state index contributed by atoms with van der Waals surface area (Å²) in [4.78, 5) is 13.7. The number of hydrogen-bond donors (Lipinski definition) is 2. The minimum absolute atomic E-state index is 0.164.